The Labute approximate surface area is 161 Å². The molecule has 140 valence electrons. The normalized spacial score (nSPS) is 13.9. The number of hydrogen-bond acceptors (Lipinski definition) is 1. The lowest BCUT2D eigenvalue weighted by Gasteiger charge is -2.37. The van der Waals surface area contributed by atoms with Crippen LogP contribution in [0.3, 0.4) is 0 Å². The molecule has 0 aliphatic carbocycles. The van der Waals surface area contributed by atoms with Crippen molar-refractivity contribution in [3.63, 3.8) is 0 Å². The maximum Gasteiger partial charge on any atom is 0.253 e. The van der Waals surface area contributed by atoms with Gasteiger partial charge in [-0.25, -0.2) is 0 Å². The minimum atomic E-state index is -2.04. The molecular formula is C24H34OSi. The molecule has 2 heteroatoms. The Bertz CT molecular complexity index is 728. The van der Waals surface area contributed by atoms with E-state index in [0.717, 1.165) is 24.3 Å². The van der Waals surface area contributed by atoms with Crippen molar-refractivity contribution >= 4 is 8.32 Å². The number of rotatable bonds is 8. The van der Waals surface area contributed by atoms with Gasteiger partial charge >= 0.3 is 0 Å². The van der Waals surface area contributed by atoms with E-state index in [9.17, 15) is 0 Å². The second-order valence-electron chi connectivity index (χ2n) is 8.91. The Morgan fingerprint density at radius 2 is 1.58 bits per heavy atom. The van der Waals surface area contributed by atoms with Gasteiger partial charge in [0.15, 0.2) is 0 Å². The molecule has 0 bridgehead atoms. The van der Waals surface area contributed by atoms with Crippen LogP contribution in [0.2, 0.25) is 12.6 Å². The van der Waals surface area contributed by atoms with Gasteiger partial charge in [-0.15, -0.1) is 6.58 Å². The summed E-state index contributed by atoms with van der Waals surface area (Å²) in [5.74, 6) is 1.09. The topological polar surface area (TPSA) is 9.23 Å². The van der Waals surface area contributed by atoms with Crippen LogP contribution in [-0.2, 0) is 6.04 Å². The molecule has 2 aromatic carbocycles. The molecule has 0 N–H and O–H groups in total. The smallest absolute Gasteiger partial charge is 0.253 e. The van der Waals surface area contributed by atoms with E-state index < -0.39 is 8.32 Å². The predicted molar refractivity (Wildman–Crippen MR) is 116 cm³/mol. The first kappa shape index (κ1) is 20.5. The van der Waals surface area contributed by atoms with E-state index in [0.29, 0.717) is 0 Å². The summed E-state index contributed by atoms with van der Waals surface area (Å²) in [6.45, 7) is 17.7. The first-order valence-corrected chi connectivity index (χ1v) is 12.4. The van der Waals surface area contributed by atoms with Gasteiger partial charge in [0.2, 0.25) is 0 Å². The highest BCUT2D eigenvalue weighted by atomic mass is 28.4. The third-order valence-electron chi connectivity index (χ3n) is 4.81. The maximum absolute atomic E-state index is 6.89. The molecule has 0 heterocycles. The average Bonchev–Trinajstić information content (AvgIpc) is 2.50. The lowest BCUT2D eigenvalue weighted by molar-refractivity contribution is 0.379. The maximum atomic E-state index is 6.89. The van der Waals surface area contributed by atoms with Crippen LogP contribution < -0.4 is 4.43 Å². The Balaban J connectivity index is 2.36. The number of benzene rings is 2. The molecule has 0 spiro atoms. The molecule has 0 saturated carbocycles. The first-order chi connectivity index (χ1) is 12.1. The Morgan fingerprint density at radius 3 is 2.12 bits per heavy atom. The minimum absolute atomic E-state index is 0.193. The first-order valence-electron chi connectivity index (χ1n) is 9.54. The number of aryl methyl sites for hydroxylation is 2. The summed E-state index contributed by atoms with van der Waals surface area (Å²) in [5.41, 5.74) is 5.28. The van der Waals surface area contributed by atoms with Crippen molar-refractivity contribution in [2.24, 2.45) is 5.41 Å². The predicted octanol–water partition coefficient (Wildman–Crippen LogP) is 7.03. The van der Waals surface area contributed by atoms with Gasteiger partial charge in [-0.1, -0.05) is 68.0 Å². The fourth-order valence-corrected chi connectivity index (χ4v) is 8.59. The summed E-state index contributed by atoms with van der Waals surface area (Å²) in [7, 11) is -2.04. The third-order valence-corrected chi connectivity index (χ3v) is 8.37. The summed E-state index contributed by atoms with van der Waals surface area (Å²) in [4.78, 5) is 0. The van der Waals surface area contributed by atoms with Crippen LogP contribution in [0, 0.1) is 19.3 Å². The minimum Gasteiger partial charge on any atom is -0.543 e. The lowest BCUT2D eigenvalue weighted by atomic mass is 9.89. The molecular weight excluding hydrogens is 332 g/mol. The van der Waals surface area contributed by atoms with Crippen molar-refractivity contribution in [3.05, 3.63) is 77.4 Å². The fourth-order valence-electron chi connectivity index (χ4n) is 4.26. The van der Waals surface area contributed by atoms with Crippen LogP contribution in [0.1, 0.15) is 43.9 Å². The van der Waals surface area contributed by atoms with Crippen LogP contribution in [0.15, 0.2) is 60.7 Å². The standard InChI is InChI=1S/C24H34OSi/c1-19(2)16-24(5,6)18-26(7,17-22-14-9-8-10-15-22)25-23-20(3)12-11-13-21(23)4/h8-15H,1,16-18H2,2-7H3/t26-/m0/s1. The molecule has 26 heavy (non-hydrogen) atoms. The second-order valence-corrected chi connectivity index (χ2v) is 12.7. The van der Waals surface area contributed by atoms with E-state index >= 15 is 0 Å². The van der Waals surface area contributed by atoms with Gasteiger partial charge in [0.05, 0.1) is 0 Å². The largest absolute Gasteiger partial charge is 0.543 e. The van der Waals surface area contributed by atoms with Crippen LogP contribution in [0.4, 0.5) is 0 Å². The van der Waals surface area contributed by atoms with E-state index in [1.165, 1.54) is 22.3 Å². The van der Waals surface area contributed by atoms with Gasteiger partial charge in [-0.05, 0) is 61.9 Å². The SMILES string of the molecule is C=C(C)CC(C)(C)C[Si@](C)(Cc1ccccc1)Oc1c(C)cccc1C. The molecule has 0 aliphatic heterocycles. The summed E-state index contributed by atoms with van der Waals surface area (Å²) < 4.78 is 6.89. The summed E-state index contributed by atoms with van der Waals surface area (Å²) in [6, 6.07) is 19.3. The van der Waals surface area contributed by atoms with Gasteiger partial charge in [-0.3, -0.25) is 0 Å². The molecule has 2 aromatic rings. The van der Waals surface area contributed by atoms with Crippen molar-refractivity contribution in [2.75, 3.05) is 0 Å². The molecule has 0 aliphatic rings. The Kier molecular flexibility index (Phi) is 6.52. The Morgan fingerprint density at radius 1 is 1.00 bits per heavy atom. The molecule has 0 amide bonds. The van der Waals surface area contributed by atoms with Crippen LogP contribution >= 0.6 is 0 Å². The second kappa shape index (κ2) is 8.26. The highest BCUT2D eigenvalue weighted by molar-refractivity contribution is 6.72. The van der Waals surface area contributed by atoms with Crippen molar-refractivity contribution in [2.45, 2.75) is 59.7 Å². The number of allylic oxidation sites excluding steroid dienone is 1. The number of hydrogen-bond donors (Lipinski definition) is 0. The molecule has 0 fully saturated rings. The van der Waals surface area contributed by atoms with Crippen molar-refractivity contribution < 1.29 is 4.43 Å². The summed E-state index contributed by atoms with van der Waals surface area (Å²) >= 11 is 0. The fraction of sp³-hybridized carbons (Fsp3) is 0.417. The zero-order valence-corrected chi connectivity index (χ0v) is 18.4. The third kappa shape index (κ3) is 5.88. The van der Waals surface area contributed by atoms with Gasteiger partial charge in [0.25, 0.3) is 8.32 Å². The highest BCUT2D eigenvalue weighted by Gasteiger charge is 2.38. The molecule has 2 rings (SSSR count). The highest BCUT2D eigenvalue weighted by Crippen LogP contribution is 2.38. The van der Waals surface area contributed by atoms with Crippen LogP contribution in [-0.4, -0.2) is 8.32 Å². The van der Waals surface area contributed by atoms with E-state index in [1.54, 1.807) is 0 Å². The van der Waals surface area contributed by atoms with Gasteiger partial charge < -0.3 is 4.43 Å². The zero-order valence-electron chi connectivity index (χ0n) is 17.4. The van der Waals surface area contributed by atoms with Gasteiger partial charge in [0.1, 0.15) is 5.75 Å². The van der Waals surface area contributed by atoms with Crippen LogP contribution in [0.5, 0.6) is 5.75 Å². The lowest BCUT2D eigenvalue weighted by Crippen LogP contribution is -2.45. The molecule has 1 nitrogen and oxygen atoms in total. The van der Waals surface area contributed by atoms with E-state index in [1.807, 2.05) is 0 Å². The van der Waals surface area contributed by atoms with Crippen molar-refractivity contribution in [1.82, 2.24) is 0 Å². The zero-order chi connectivity index (χ0) is 19.4. The van der Waals surface area contributed by atoms with Crippen LogP contribution in [0.25, 0.3) is 0 Å². The van der Waals surface area contributed by atoms with E-state index in [2.05, 4.69) is 96.3 Å². The Hall–Kier alpha value is -1.80. The molecule has 0 radical (unpaired) electrons. The quantitative estimate of drug-likeness (QED) is 0.360. The molecule has 1 atom stereocenters. The summed E-state index contributed by atoms with van der Waals surface area (Å²) in [6.07, 6.45) is 1.04. The molecule has 0 unspecified atom stereocenters. The van der Waals surface area contributed by atoms with E-state index in [4.69, 9.17) is 4.43 Å². The molecule has 0 saturated heterocycles. The van der Waals surface area contributed by atoms with Crippen molar-refractivity contribution in [1.29, 1.82) is 0 Å². The molecule has 0 aromatic heterocycles. The van der Waals surface area contributed by atoms with E-state index in [-0.39, 0.29) is 5.41 Å². The average molecular weight is 367 g/mol. The monoisotopic (exact) mass is 366 g/mol. The van der Waals surface area contributed by atoms with Gasteiger partial charge in [0, 0.05) is 6.04 Å². The number of para-hydroxylation sites is 1. The van der Waals surface area contributed by atoms with Gasteiger partial charge in [-0.2, -0.15) is 0 Å². The van der Waals surface area contributed by atoms with Crippen molar-refractivity contribution in [3.8, 4) is 5.75 Å². The summed E-state index contributed by atoms with van der Waals surface area (Å²) in [5, 5.41) is 0.